The van der Waals surface area contributed by atoms with Crippen LogP contribution in [0.5, 0.6) is 0 Å². The fourth-order valence-corrected chi connectivity index (χ4v) is 4.62. The molecule has 1 N–H and O–H groups in total. The number of hydrogen-bond acceptors (Lipinski definition) is 7. The first kappa shape index (κ1) is 24.2. The first-order valence-electron chi connectivity index (χ1n) is 12.2. The van der Waals surface area contributed by atoms with E-state index < -0.39 is 0 Å². The van der Waals surface area contributed by atoms with Crippen LogP contribution in [0.15, 0.2) is 10.7 Å². The molecule has 0 radical (unpaired) electrons. The van der Waals surface area contributed by atoms with Crippen LogP contribution in [0.25, 0.3) is 0 Å². The molecule has 31 heavy (non-hydrogen) atoms. The van der Waals surface area contributed by atoms with Gasteiger partial charge in [-0.05, 0) is 38.8 Å². The summed E-state index contributed by atoms with van der Waals surface area (Å²) in [5, 5.41) is 10.5. The number of oxazole rings is 1. The van der Waals surface area contributed by atoms with E-state index in [1.165, 1.54) is 25.5 Å². The summed E-state index contributed by atoms with van der Waals surface area (Å²) in [6.07, 6.45) is 6.94. The number of hydrogen-bond donors (Lipinski definition) is 1. The zero-order chi connectivity index (χ0) is 22.1. The van der Waals surface area contributed by atoms with Crippen molar-refractivity contribution in [2.75, 3.05) is 65.4 Å². The molecule has 2 aliphatic rings. The fourth-order valence-electron chi connectivity index (χ4n) is 4.62. The van der Waals surface area contributed by atoms with Crippen LogP contribution in [-0.2, 0) is 6.54 Å². The normalized spacial score (nSPS) is 20.1. The van der Waals surface area contributed by atoms with Crippen LogP contribution >= 0.6 is 0 Å². The molecule has 1 aromatic heterocycles. The number of nitrogens with zero attached hydrogens (tertiary/aromatic N) is 5. The average Bonchev–Trinajstić information content (AvgIpc) is 3.23. The summed E-state index contributed by atoms with van der Waals surface area (Å²) in [5.74, 6) is 0.570. The van der Waals surface area contributed by atoms with Crippen molar-refractivity contribution in [1.82, 2.24) is 24.6 Å². The minimum Gasteiger partial charge on any atom is -0.447 e. The van der Waals surface area contributed by atoms with E-state index in [0.717, 1.165) is 78.3 Å². The quantitative estimate of drug-likeness (QED) is 0.569. The molecule has 0 bridgehead atoms. The highest BCUT2D eigenvalue weighted by molar-refractivity contribution is 5.91. The number of amides is 1. The number of aliphatic hydroxyl groups excluding tert-OH is 1. The fraction of sp³-hybridized carbons (Fsp3) is 0.826. The van der Waals surface area contributed by atoms with Crippen LogP contribution in [-0.4, -0.2) is 107 Å². The van der Waals surface area contributed by atoms with Gasteiger partial charge >= 0.3 is 0 Å². The first-order chi connectivity index (χ1) is 15.1. The zero-order valence-corrected chi connectivity index (χ0v) is 19.5. The number of piperidine rings is 1. The van der Waals surface area contributed by atoms with Gasteiger partial charge < -0.3 is 19.3 Å². The van der Waals surface area contributed by atoms with Crippen LogP contribution < -0.4 is 0 Å². The molecule has 2 aliphatic heterocycles. The summed E-state index contributed by atoms with van der Waals surface area (Å²) in [5.41, 5.74) is 0.413. The lowest BCUT2D eigenvalue weighted by atomic mass is 10.1. The lowest BCUT2D eigenvalue weighted by Crippen LogP contribution is -2.50. The van der Waals surface area contributed by atoms with Gasteiger partial charge in [-0.3, -0.25) is 14.6 Å². The molecule has 1 atom stereocenters. The van der Waals surface area contributed by atoms with Crippen LogP contribution in [0.2, 0.25) is 0 Å². The third-order valence-corrected chi connectivity index (χ3v) is 6.26. The Morgan fingerprint density at radius 2 is 1.58 bits per heavy atom. The second-order valence-corrected chi connectivity index (χ2v) is 9.01. The predicted octanol–water partition coefficient (Wildman–Crippen LogP) is 1.90. The second kappa shape index (κ2) is 12.5. The number of carbonyl (C=O) groups is 1. The SMILES string of the molecule is CCCN(CCC)C(=O)c1coc(CN2CCN(CC(O)CN3CCCCC3)CC2)n1. The first-order valence-corrected chi connectivity index (χ1v) is 12.2. The second-order valence-electron chi connectivity index (χ2n) is 9.01. The van der Waals surface area contributed by atoms with Crippen molar-refractivity contribution in [3.05, 3.63) is 17.8 Å². The van der Waals surface area contributed by atoms with E-state index in [1.807, 2.05) is 4.90 Å². The van der Waals surface area contributed by atoms with Gasteiger partial charge in [-0.15, -0.1) is 0 Å². The largest absolute Gasteiger partial charge is 0.447 e. The molecule has 0 spiro atoms. The van der Waals surface area contributed by atoms with Crippen LogP contribution in [0, 0.1) is 0 Å². The Morgan fingerprint density at radius 3 is 2.19 bits per heavy atom. The van der Waals surface area contributed by atoms with E-state index >= 15 is 0 Å². The Labute approximate surface area is 187 Å². The molecule has 2 fully saturated rings. The standard InChI is InChI=1S/C23H41N5O3/c1-3-8-28(9-4-2)23(30)21-19-31-22(24-21)18-27-14-12-26(13-15-27)17-20(29)16-25-10-6-5-7-11-25/h19-20,29H,3-18H2,1-2H3. The highest BCUT2D eigenvalue weighted by Gasteiger charge is 2.23. The third-order valence-electron chi connectivity index (χ3n) is 6.26. The van der Waals surface area contributed by atoms with Crippen molar-refractivity contribution >= 4 is 5.91 Å². The number of carbonyl (C=O) groups excluding carboxylic acids is 1. The summed E-state index contributed by atoms with van der Waals surface area (Å²) >= 11 is 0. The van der Waals surface area contributed by atoms with Crippen molar-refractivity contribution in [3.8, 4) is 0 Å². The van der Waals surface area contributed by atoms with E-state index in [1.54, 1.807) is 0 Å². The minimum absolute atomic E-state index is 0.0359. The highest BCUT2D eigenvalue weighted by Crippen LogP contribution is 2.13. The van der Waals surface area contributed by atoms with Gasteiger partial charge in [-0.1, -0.05) is 20.3 Å². The van der Waals surface area contributed by atoms with Gasteiger partial charge in [0.05, 0.1) is 12.6 Å². The molecule has 1 amide bonds. The number of aromatic nitrogens is 1. The summed E-state index contributed by atoms with van der Waals surface area (Å²) in [4.78, 5) is 26.1. The number of rotatable bonds is 11. The molecule has 8 nitrogen and oxygen atoms in total. The maximum absolute atomic E-state index is 12.7. The van der Waals surface area contributed by atoms with Crippen LogP contribution in [0.3, 0.4) is 0 Å². The smallest absolute Gasteiger partial charge is 0.275 e. The molecule has 0 aliphatic carbocycles. The Kier molecular flexibility index (Phi) is 9.77. The molecule has 8 heteroatoms. The average molecular weight is 436 g/mol. The van der Waals surface area contributed by atoms with Crippen molar-refractivity contribution in [2.24, 2.45) is 0 Å². The lowest BCUT2D eigenvalue weighted by Gasteiger charge is -2.36. The topological polar surface area (TPSA) is 76.3 Å². The monoisotopic (exact) mass is 435 g/mol. The summed E-state index contributed by atoms with van der Waals surface area (Å²) < 4.78 is 5.61. The zero-order valence-electron chi connectivity index (χ0n) is 19.5. The van der Waals surface area contributed by atoms with Crippen LogP contribution in [0.4, 0.5) is 0 Å². The third kappa shape index (κ3) is 7.56. The molecule has 3 rings (SSSR count). The van der Waals surface area contributed by atoms with Crippen molar-refractivity contribution in [3.63, 3.8) is 0 Å². The number of aliphatic hydroxyl groups is 1. The van der Waals surface area contributed by atoms with Gasteiger partial charge in [-0.25, -0.2) is 4.98 Å². The molecule has 1 unspecified atom stereocenters. The molecule has 0 saturated carbocycles. The van der Waals surface area contributed by atoms with E-state index in [-0.39, 0.29) is 12.0 Å². The predicted molar refractivity (Wildman–Crippen MR) is 121 cm³/mol. The van der Waals surface area contributed by atoms with Gasteiger partial charge in [0.15, 0.2) is 5.69 Å². The van der Waals surface area contributed by atoms with Crippen LogP contribution in [0.1, 0.15) is 62.3 Å². The Hall–Kier alpha value is -1.48. The van der Waals surface area contributed by atoms with E-state index in [0.29, 0.717) is 18.1 Å². The molecule has 1 aromatic rings. The lowest BCUT2D eigenvalue weighted by molar-refractivity contribution is 0.0434. The van der Waals surface area contributed by atoms with Gasteiger partial charge in [0, 0.05) is 52.4 Å². The van der Waals surface area contributed by atoms with Gasteiger partial charge in [-0.2, -0.15) is 0 Å². The highest BCUT2D eigenvalue weighted by atomic mass is 16.3. The molecule has 3 heterocycles. The van der Waals surface area contributed by atoms with Crippen molar-refractivity contribution in [2.45, 2.75) is 58.6 Å². The summed E-state index contributed by atoms with van der Waals surface area (Å²) in [6.45, 7) is 13.8. The molecular weight excluding hydrogens is 394 g/mol. The van der Waals surface area contributed by atoms with Gasteiger partial charge in [0.2, 0.25) is 5.89 Å². The Morgan fingerprint density at radius 1 is 1.00 bits per heavy atom. The molecule has 2 saturated heterocycles. The molecule has 0 aromatic carbocycles. The maximum atomic E-state index is 12.7. The van der Waals surface area contributed by atoms with Crippen molar-refractivity contribution < 1.29 is 14.3 Å². The van der Waals surface area contributed by atoms with E-state index in [9.17, 15) is 9.90 Å². The summed E-state index contributed by atoms with van der Waals surface area (Å²) in [6, 6.07) is 0. The van der Waals surface area contributed by atoms with Gasteiger partial charge in [0.1, 0.15) is 6.26 Å². The number of piperazine rings is 1. The molecular formula is C23H41N5O3. The van der Waals surface area contributed by atoms with Crippen molar-refractivity contribution in [1.29, 1.82) is 0 Å². The van der Waals surface area contributed by atoms with E-state index in [2.05, 4.69) is 33.5 Å². The Bertz CT molecular complexity index is 647. The van der Waals surface area contributed by atoms with E-state index in [4.69, 9.17) is 4.42 Å². The number of likely N-dealkylation sites (tertiary alicyclic amines) is 1. The maximum Gasteiger partial charge on any atom is 0.275 e. The number of β-amino-alcohol motifs (C(OH)–C–C–N with tert-alkyl or cyclic N) is 1. The Balaban J connectivity index is 1.40. The minimum atomic E-state index is -0.279. The van der Waals surface area contributed by atoms with Gasteiger partial charge in [0.25, 0.3) is 5.91 Å². The summed E-state index contributed by atoms with van der Waals surface area (Å²) in [7, 11) is 0. The molecule has 176 valence electrons.